The Labute approximate surface area is 125 Å². The molecular formula is C13H15FN2O4S. The van der Waals surface area contributed by atoms with Gasteiger partial charge in [0.05, 0.1) is 22.3 Å². The van der Waals surface area contributed by atoms with E-state index >= 15 is 0 Å². The van der Waals surface area contributed by atoms with Gasteiger partial charge in [0.2, 0.25) is 0 Å². The minimum absolute atomic E-state index is 0.162. The van der Waals surface area contributed by atoms with Crippen LogP contribution >= 0.6 is 11.8 Å². The molecule has 21 heavy (non-hydrogen) atoms. The quantitative estimate of drug-likeness (QED) is 0.301. The monoisotopic (exact) mass is 314 g/mol. The molecule has 0 fully saturated rings. The van der Waals surface area contributed by atoms with Crippen molar-refractivity contribution in [1.29, 1.82) is 0 Å². The van der Waals surface area contributed by atoms with Crippen molar-refractivity contribution in [3.8, 4) is 0 Å². The Hall–Kier alpha value is -1.83. The normalized spacial score (nSPS) is 16.6. The molecule has 0 radical (unpaired) electrons. The van der Waals surface area contributed by atoms with Crippen LogP contribution in [0.5, 0.6) is 0 Å². The molecule has 0 bridgehead atoms. The Balaban J connectivity index is 2.53. The van der Waals surface area contributed by atoms with Gasteiger partial charge < -0.3 is 10.5 Å². The summed E-state index contributed by atoms with van der Waals surface area (Å²) in [6.07, 6.45) is 2.07. The molecule has 0 aromatic heterocycles. The maximum absolute atomic E-state index is 14.3. The zero-order valence-electron chi connectivity index (χ0n) is 11.6. The summed E-state index contributed by atoms with van der Waals surface area (Å²) in [6.45, 7) is 1.93. The van der Waals surface area contributed by atoms with Gasteiger partial charge in [0.1, 0.15) is 5.69 Å². The molecule has 2 N–H and O–H groups in total. The third-order valence-corrected chi connectivity index (χ3v) is 4.37. The van der Waals surface area contributed by atoms with Crippen molar-refractivity contribution in [2.45, 2.75) is 24.7 Å². The molecule has 1 aliphatic rings. The fraction of sp³-hybridized carbons (Fsp3) is 0.462. The molecule has 0 amide bonds. The number of rotatable bonds is 4. The van der Waals surface area contributed by atoms with E-state index < -0.39 is 34.0 Å². The predicted molar refractivity (Wildman–Crippen MR) is 76.8 cm³/mol. The first-order valence-electron chi connectivity index (χ1n) is 6.40. The van der Waals surface area contributed by atoms with Crippen molar-refractivity contribution in [2.75, 3.05) is 18.6 Å². The number of thioether (sulfide) groups is 1. The third kappa shape index (κ3) is 2.55. The first kappa shape index (κ1) is 15.6. The highest BCUT2D eigenvalue weighted by atomic mass is 32.2. The largest absolute Gasteiger partial charge is 0.466 e. The third-order valence-electron chi connectivity index (χ3n) is 3.52. The van der Waals surface area contributed by atoms with Crippen LogP contribution in [0.3, 0.4) is 0 Å². The number of nitrogens with two attached hydrogens (primary N) is 1. The number of benzene rings is 1. The Morgan fingerprint density at radius 1 is 1.52 bits per heavy atom. The van der Waals surface area contributed by atoms with Gasteiger partial charge in [0, 0.05) is 0 Å². The summed E-state index contributed by atoms with van der Waals surface area (Å²) in [5.74, 6) is -1.72. The van der Waals surface area contributed by atoms with Crippen LogP contribution in [0.1, 0.15) is 18.1 Å². The summed E-state index contributed by atoms with van der Waals surface area (Å²) in [6, 6.07) is 0. The summed E-state index contributed by atoms with van der Waals surface area (Å²) in [5.41, 5.74) is 5.48. The average Bonchev–Trinajstić information content (AvgIpc) is 2.87. The SMILES string of the molecule is CCOC(=O)C1Cc2c(F)c(N)c([N+](=O)[O-])c(SC)c2C1. The highest BCUT2D eigenvalue weighted by Gasteiger charge is 2.38. The smallest absolute Gasteiger partial charge is 0.309 e. The van der Waals surface area contributed by atoms with E-state index in [0.717, 1.165) is 11.8 Å². The van der Waals surface area contributed by atoms with E-state index in [1.54, 1.807) is 13.2 Å². The molecule has 1 unspecified atom stereocenters. The lowest BCUT2D eigenvalue weighted by molar-refractivity contribution is -0.387. The van der Waals surface area contributed by atoms with E-state index in [0.29, 0.717) is 16.0 Å². The van der Waals surface area contributed by atoms with Gasteiger partial charge in [0.15, 0.2) is 5.82 Å². The molecule has 1 atom stereocenters. The van der Waals surface area contributed by atoms with Gasteiger partial charge in [-0.15, -0.1) is 11.8 Å². The van der Waals surface area contributed by atoms with Crippen LogP contribution in [0.25, 0.3) is 0 Å². The average molecular weight is 314 g/mol. The molecule has 0 heterocycles. The summed E-state index contributed by atoms with van der Waals surface area (Å²) < 4.78 is 19.2. The first-order valence-corrected chi connectivity index (χ1v) is 7.62. The molecule has 0 saturated heterocycles. The van der Waals surface area contributed by atoms with E-state index in [-0.39, 0.29) is 19.4 Å². The highest BCUT2D eigenvalue weighted by molar-refractivity contribution is 7.98. The van der Waals surface area contributed by atoms with Crippen molar-refractivity contribution in [1.82, 2.24) is 0 Å². The second-order valence-corrected chi connectivity index (χ2v) is 5.50. The fourth-order valence-corrected chi connectivity index (χ4v) is 3.45. The molecule has 1 aromatic carbocycles. The van der Waals surface area contributed by atoms with Crippen LogP contribution in [-0.2, 0) is 22.4 Å². The first-order chi connectivity index (χ1) is 9.92. The van der Waals surface area contributed by atoms with Crippen molar-refractivity contribution in [2.24, 2.45) is 5.92 Å². The summed E-state index contributed by atoms with van der Waals surface area (Å²) in [5, 5.41) is 11.1. The number of ether oxygens (including phenoxy) is 1. The molecule has 1 aromatic rings. The Morgan fingerprint density at radius 2 is 2.14 bits per heavy atom. The Morgan fingerprint density at radius 3 is 2.67 bits per heavy atom. The number of nitrogens with zero attached hydrogens (tertiary/aromatic N) is 1. The lowest BCUT2D eigenvalue weighted by Crippen LogP contribution is -2.17. The molecule has 0 spiro atoms. The van der Waals surface area contributed by atoms with E-state index in [1.165, 1.54) is 0 Å². The topological polar surface area (TPSA) is 95.5 Å². The molecule has 1 aliphatic carbocycles. The van der Waals surface area contributed by atoms with E-state index in [4.69, 9.17) is 10.5 Å². The fourth-order valence-electron chi connectivity index (χ4n) is 2.62. The van der Waals surface area contributed by atoms with Gasteiger partial charge >= 0.3 is 11.7 Å². The number of esters is 1. The number of anilines is 1. The molecular weight excluding hydrogens is 299 g/mol. The van der Waals surface area contributed by atoms with E-state index in [9.17, 15) is 19.3 Å². The summed E-state index contributed by atoms with van der Waals surface area (Å²) in [4.78, 5) is 22.6. The van der Waals surface area contributed by atoms with E-state index in [2.05, 4.69) is 0 Å². The number of carbonyl (C=O) groups excluding carboxylic acids is 1. The number of fused-ring (bicyclic) bond motifs is 1. The number of hydrogen-bond donors (Lipinski definition) is 1. The highest BCUT2D eigenvalue weighted by Crippen LogP contribution is 2.45. The van der Waals surface area contributed by atoms with Crippen molar-refractivity contribution in [3.05, 3.63) is 27.1 Å². The molecule has 8 heteroatoms. The number of nitro benzene ring substituents is 1. The zero-order chi connectivity index (χ0) is 15.7. The van der Waals surface area contributed by atoms with Gasteiger partial charge in [-0.3, -0.25) is 14.9 Å². The number of nitrogen functional groups attached to an aromatic ring is 1. The van der Waals surface area contributed by atoms with Gasteiger partial charge in [-0.1, -0.05) is 0 Å². The molecule has 114 valence electrons. The number of halogens is 1. The second-order valence-electron chi connectivity index (χ2n) is 4.68. The number of nitro groups is 1. The van der Waals surface area contributed by atoms with Crippen LogP contribution in [0.2, 0.25) is 0 Å². The maximum atomic E-state index is 14.3. The minimum atomic E-state index is -0.790. The van der Waals surface area contributed by atoms with Crippen LogP contribution in [0, 0.1) is 21.8 Å². The molecule has 0 aliphatic heterocycles. The van der Waals surface area contributed by atoms with Crippen molar-refractivity contribution >= 4 is 29.1 Å². The van der Waals surface area contributed by atoms with Gasteiger partial charge in [-0.2, -0.15) is 0 Å². The van der Waals surface area contributed by atoms with Crippen LogP contribution in [-0.4, -0.2) is 23.8 Å². The van der Waals surface area contributed by atoms with Crippen LogP contribution in [0.4, 0.5) is 15.8 Å². The molecule has 2 rings (SSSR count). The van der Waals surface area contributed by atoms with Crippen LogP contribution < -0.4 is 5.73 Å². The standard InChI is InChI=1S/C13H15FN2O4S/c1-3-20-13(17)6-4-7-8(5-6)12(21-2)11(16(18)19)10(15)9(7)14/h6H,3-5,15H2,1-2H3. The van der Waals surface area contributed by atoms with Crippen molar-refractivity contribution < 1.29 is 18.8 Å². The van der Waals surface area contributed by atoms with Gasteiger partial charge in [-0.25, -0.2) is 4.39 Å². The number of hydrogen-bond acceptors (Lipinski definition) is 6. The lowest BCUT2D eigenvalue weighted by atomic mass is 10.1. The zero-order valence-corrected chi connectivity index (χ0v) is 12.5. The minimum Gasteiger partial charge on any atom is -0.466 e. The van der Waals surface area contributed by atoms with E-state index in [1.807, 2.05) is 0 Å². The Bertz CT molecular complexity index is 621. The molecule has 6 nitrogen and oxygen atoms in total. The number of carbonyl (C=O) groups is 1. The maximum Gasteiger partial charge on any atom is 0.309 e. The summed E-state index contributed by atoms with van der Waals surface area (Å²) in [7, 11) is 0. The van der Waals surface area contributed by atoms with Gasteiger partial charge in [-0.05, 0) is 37.1 Å². The second kappa shape index (κ2) is 5.88. The van der Waals surface area contributed by atoms with Gasteiger partial charge in [0.25, 0.3) is 0 Å². The molecule has 0 saturated carbocycles. The predicted octanol–water partition coefficient (Wildman–Crippen LogP) is 2.32. The van der Waals surface area contributed by atoms with Crippen LogP contribution in [0.15, 0.2) is 4.90 Å². The summed E-state index contributed by atoms with van der Waals surface area (Å²) >= 11 is 1.14. The Kier molecular flexibility index (Phi) is 4.36. The lowest BCUT2D eigenvalue weighted by Gasteiger charge is -2.10. The van der Waals surface area contributed by atoms with Crippen molar-refractivity contribution in [3.63, 3.8) is 0 Å².